The largest absolute Gasteiger partial charge is 0.497 e. The van der Waals surface area contributed by atoms with Gasteiger partial charge in [0.2, 0.25) is 5.91 Å². The average Bonchev–Trinajstić information content (AvgIpc) is 3.04. The fourth-order valence-electron chi connectivity index (χ4n) is 5.29. The number of nitrogens with zero attached hydrogens (tertiary/aromatic N) is 1. The molecule has 2 atom stereocenters. The summed E-state index contributed by atoms with van der Waals surface area (Å²) in [6.45, 7) is 2.43. The lowest BCUT2D eigenvalue weighted by Crippen LogP contribution is -2.42. The molecule has 3 aromatic rings. The van der Waals surface area contributed by atoms with Gasteiger partial charge in [-0.15, -0.1) is 0 Å². The normalized spacial score (nSPS) is 18.9. The molecule has 186 valence electrons. The van der Waals surface area contributed by atoms with E-state index in [2.05, 4.69) is 29.6 Å². The first-order chi connectivity index (χ1) is 17.6. The van der Waals surface area contributed by atoms with Gasteiger partial charge in [0.05, 0.1) is 26.1 Å². The van der Waals surface area contributed by atoms with Crippen LogP contribution in [0.4, 0.5) is 5.69 Å². The Labute approximate surface area is 212 Å². The van der Waals surface area contributed by atoms with E-state index in [-0.39, 0.29) is 24.3 Å². The zero-order chi connectivity index (χ0) is 25.1. The van der Waals surface area contributed by atoms with E-state index in [0.29, 0.717) is 24.4 Å². The van der Waals surface area contributed by atoms with Crippen LogP contribution in [0.3, 0.4) is 0 Å². The van der Waals surface area contributed by atoms with Crippen molar-refractivity contribution >= 4 is 17.5 Å². The van der Waals surface area contributed by atoms with Crippen LogP contribution in [-0.4, -0.2) is 29.9 Å². The van der Waals surface area contributed by atoms with Crippen molar-refractivity contribution in [1.29, 1.82) is 0 Å². The van der Waals surface area contributed by atoms with Gasteiger partial charge in [-0.05, 0) is 72.7 Å². The van der Waals surface area contributed by atoms with E-state index in [1.54, 1.807) is 7.11 Å². The molecule has 0 aromatic heterocycles. The third-order valence-corrected chi connectivity index (χ3v) is 7.10. The Balaban J connectivity index is 1.39. The van der Waals surface area contributed by atoms with Crippen LogP contribution in [-0.2, 0) is 29.0 Å². The number of hydrogen-bond donors (Lipinski definition) is 1. The Kier molecular flexibility index (Phi) is 6.94. The van der Waals surface area contributed by atoms with Crippen LogP contribution in [0, 0.1) is 0 Å². The van der Waals surface area contributed by atoms with Gasteiger partial charge >= 0.3 is 0 Å². The molecule has 2 amide bonds. The molecular formula is C30H32N2O4. The Morgan fingerprint density at radius 2 is 1.94 bits per heavy atom. The maximum atomic E-state index is 13.6. The summed E-state index contributed by atoms with van der Waals surface area (Å²) in [6, 6.07) is 21.6. The maximum Gasteiger partial charge on any atom is 0.264 e. The Morgan fingerprint density at radius 1 is 1.08 bits per heavy atom. The van der Waals surface area contributed by atoms with Gasteiger partial charge < -0.3 is 19.7 Å². The molecule has 5 rings (SSSR count). The topological polar surface area (TPSA) is 67.9 Å². The van der Waals surface area contributed by atoms with Crippen molar-refractivity contribution in [2.75, 3.05) is 12.4 Å². The van der Waals surface area contributed by atoms with E-state index in [9.17, 15) is 9.59 Å². The number of carbonyl (C=O) groups excluding carboxylic acids is 2. The summed E-state index contributed by atoms with van der Waals surface area (Å²) in [5.41, 5.74) is 5.03. The first-order valence-electron chi connectivity index (χ1n) is 12.7. The molecule has 0 spiro atoms. The van der Waals surface area contributed by atoms with Crippen molar-refractivity contribution in [2.24, 2.45) is 0 Å². The molecule has 0 saturated carbocycles. The minimum atomic E-state index is -0.520. The monoisotopic (exact) mass is 484 g/mol. The van der Waals surface area contributed by atoms with Crippen LogP contribution in [0.5, 0.6) is 11.5 Å². The molecule has 3 aromatic carbocycles. The summed E-state index contributed by atoms with van der Waals surface area (Å²) in [6.07, 6.45) is 3.35. The van der Waals surface area contributed by atoms with Gasteiger partial charge in [0.1, 0.15) is 11.5 Å². The summed E-state index contributed by atoms with van der Waals surface area (Å²) < 4.78 is 11.5. The van der Waals surface area contributed by atoms with Crippen LogP contribution in [0.1, 0.15) is 54.5 Å². The molecule has 0 radical (unpaired) electrons. The molecule has 6 heteroatoms. The standard InChI is InChI=1S/C30H32N2O4/c1-3-27-30(34)32(26-13-7-10-21-9-4-5-12-25(21)26)19-22-18-23(14-15-28(22)36-27)31-29(33)17-20-8-6-11-24(16-20)35-2/h4-6,8-9,11-12,14-16,18,26-27H,3,7,10,13,17,19H2,1-2H3,(H,31,33)/t26-,27+/m0/s1. The number of methoxy groups -OCH3 is 1. The van der Waals surface area contributed by atoms with Crippen molar-refractivity contribution in [3.05, 3.63) is 89.0 Å². The van der Waals surface area contributed by atoms with Gasteiger partial charge in [-0.25, -0.2) is 0 Å². The number of aryl methyl sites for hydroxylation is 1. The van der Waals surface area contributed by atoms with Crippen LogP contribution in [0.25, 0.3) is 0 Å². The smallest absolute Gasteiger partial charge is 0.264 e. The fraction of sp³-hybridized carbons (Fsp3) is 0.333. The summed E-state index contributed by atoms with van der Waals surface area (Å²) in [4.78, 5) is 28.3. The van der Waals surface area contributed by atoms with Crippen molar-refractivity contribution in [3.8, 4) is 11.5 Å². The van der Waals surface area contributed by atoms with E-state index >= 15 is 0 Å². The first-order valence-corrected chi connectivity index (χ1v) is 12.7. The first kappa shape index (κ1) is 23.9. The van der Waals surface area contributed by atoms with Crippen LogP contribution >= 0.6 is 0 Å². The zero-order valence-corrected chi connectivity index (χ0v) is 20.8. The molecule has 0 saturated heterocycles. The number of carbonyl (C=O) groups is 2. The number of fused-ring (bicyclic) bond motifs is 2. The number of rotatable bonds is 6. The zero-order valence-electron chi connectivity index (χ0n) is 20.8. The molecule has 0 bridgehead atoms. The Hall–Kier alpha value is -3.80. The lowest BCUT2D eigenvalue weighted by atomic mass is 9.86. The second-order valence-corrected chi connectivity index (χ2v) is 9.49. The minimum Gasteiger partial charge on any atom is -0.497 e. The quantitative estimate of drug-likeness (QED) is 0.505. The van der Waals surface area contributed by atoms with Crippen molar-refractivity contribution in [3.63, 3.8) is 0 Å². The summed E-state index contributed by atoms with van der Waals surface area (Å²) in [5, 5.41) is 3.01. The van der Waals surface area contributed by atoms with E-state index in [4.69, 9.17) is 9.47 Å². The highest BCUT2D eigenvalue weighted by molar-refractivity contribution is 5.92. The van der Waals surface area contributed by atoms with E-state index in [1.807, 2.05) is 54.3 Å². The Bertz CT molecular complexity index is 1270. The third-order valence-electron chi connectivity index (χ3n) is 7.10. The van der Waals surface area contributed by atoms with Gasteiger partial charge in [0.25, 0.3) is 5.91 Å². The molecular weight excluding hydrogens is 452 g/mol. The number of anilines is 1. The van der Waals surface area contributed by atoms with Crippen molar-refractivity contribution in [1.82, 2.24) is 4.90 Å². The van der Waals surface area contributed by atoms with Gasteiger partial charge in [0, 0.05) is 11.3 Å². The number of benzene rings is 3. The number of amides is 2. The van der Waals surface area contributed by atoms with E-state index < -0.39 is 6.10 Å². The highest BCUT2D eigenvalue weighted by atomic mass is 16.5. The van der Waals surface area contributed by atoms with Crippen LogP contribution in [0.15, 0.2) is 66.7 Å². The highest BCUT2D eigenvalue weighted by Crippen LogP contribution is 2.39. The van der Waals surface area contributed by atoms with E-state index in [0.717, 1.165) is 36.1 Å². The number of ether oxygens (including phenoxy) is 2. The van der Waals surface area contributed by atoms with Gasteiger partial charge in [-0.2, -0.15) is 0 Å². The SMILES string of the molecule is CC[C@H]1Oc2ccc(NC(=O)Cc3cccc(OC)c3)cc2CN([C@H]2CCCc3ccccc32)C1=O. The number of hydrogen-bond acceptors (Lipinski definition) is 4. The lowest BCUT2D eigenvalue weighted by molar-refractivity contribution is -0.141. The predicted molar refractivity (Wildman–Crippen MR) is 139 cm³/mol. The number of nitrogens with one attached hydrogen (secondary N) is 1. The van der Waals surface area contributed by atoms with E-state index in [1.165, 1.54) is 11.1 Å². The maximum absolute atomic E-state index is 13.6. The Morgan fingerprint density at radius 3 is 2.78 bits per heavy atom. The molecule has 2 aliphatic rings. The van der Waals surface area contributed by atoms with Gasteiger partial charge in [-0.1, -0.05) is 43.3 Å². The predicted octanol–water partition coefficient (Wildman–Crippen LogP) is 5.45. The molecule has 1 heterocycles. The molecule has 1 aliphatic carbocycles. The molecule has 1 aliphatic heterocycles. The molecule has 0 unspecified atom stereocenters. The second kappa shape index (κ2) is 10.4. The summed E-state index contributed by atoms with van der Waals surface area (Å²) >= 11 is 0. The molecule has 36 heavy (non-hydrogen) atoms. The van der Waals surface area contributed by atoms with Gasteiger partial charge in [0.15, 0.2) is 6.10 Å². The minimum absolute atomic E-state index is 0.0253. The highest BCUT2D eigenvalue weighted by Gasteiger charge is 2.36. The van der Waals surface area contributed by atoms with Crippen LogP contribution < -0.4 is 14.8 Å². The third kappa shape index (κ3) is 4.94. The molecule has 0 fully saturated rings. The van der Waals surface area contributed by atoms with Crippen LogP contribution in [0.2, 0.25) is 0 Å². The second-order valence-electron chi connectivity index (χ2n) is 9.49. The summed E-state index contributed by atoms with van der Waals surface area (Å²) in [7, 11) is 1.61. The van der Waals surface area contributed by atoms with Crippen molar-refractivity contribution < 1.29 is 19.1 Å². The fourth-order valence-corrected chi connectivity index (χ4v) is 5.29. The average molecular weight is 485 g/mol. The molecule has 6 nitrogen and oxygen atoms in total. The lowest BCUT2D eigenvalue weighted by Gasteiger charge is -2.36. The van der Waals surface area contributed by atoms with Crippen molar-refractivity contribution in [2.45, 2.75) is 57.7 Å². The summed E-state index contributed by atoms with van der Waals surface area (Å²) in [5.74, 6) is 1.34. The molecule has 1 N–H and O–H groups in total. The van der Waals surface area contributed by atoms with Gasteiger partial charge in [-0.3, -0.25) is 9.59 Å².